The van der Waals surface area contributed by atoms with Crippen molar-refractivity contribution in [2.45, 2.75) is 31.7 Å². The number of hydrogen-bond donors (Lipinski definition) is 2. The highest BCUT2D eigenvalue weighted by atomic mass is 32.2. The van der Waals surface area contributed by atoms with E-state index >= 15 is 0 Å². The number of hydrogen-bond acceptors (Lipinski definition) is 5. The molecule has 2 N–H and O–H groups in total. The van der Waals surface area contributed by atoms with Gasteiger partial charge in [-0.05, 0) is 31.0 Å². The van der Waals surface area contributed by atoms with Gasteiger partial charge in [0.05, 0.1) is 25.0 Å². The second-order valence-electron chi connectivity index (χ2n) is 5.32. The van der Waals surface area contributed by atoms with Crippen LogP contribution in [-0.4, -0.2) is 46.8 Å². The van der Waals surface area contributed by atoms with Crippen molar-refractivity contribution < 1.29 is 17.9 Å². The molecule has 0 aliphatic heterocycles. The highest BCUT2D eigenvalue weighted by molar-refractivity contribution is 7.90. The Morgan fingerprint density at radius 3 is 2.54 bits per heavy atom. The number of aliphatic imine (C=N–C) groups is 1. The van der Waals surface area contributed by atoms with Crippen LogP contribution in [-0.2, 0) is 25.9 Å². The Morgan fingerprint density at radius 1 is 1.29 bits per heavy atom. The highest BCUT2D eigenvalue weighted by Crippen LogP contribution is 2.17. The number of carbonyl (C=O) groups is 1. The molecule has 0 saturated carbocycles. The number of nitrogens with zero attached hydrogens (tertiary/aromatic N) is 1. The topological polar surface area (TPSA) is 96.9 Å². The Kier molecular flexibility index (Phi) is 7.70. The first-order valence-electron chi connectivity index (χ1n) is 7.66. The predicted octanol–water partition coefficient (Wildman–Crippen LogP) is 1.02. The molecule has 0 saturated heterocycles. The van der Waals surface area contributed by atoms with E-state index in [-0.39, 0.29) is 12.4 Å². The molecule has 0 unspecified atom stereocenters. The zero-order valence-corrected chi connectivity index (χ0v) is 15.4. The summed E-state index contributed by atoms with van der Waals surface area (Å²) >= 11 is 0. The van der Waals surface area contributed by atoms with Crippen LogP contribution in [0.2, 0.25) is 0 Å². The molecule has 7 nitrogen and oxygen atoms in total. The first kappa shape index (κ1) is 20.0. The maximum atomic E-state index is 11.6. The molecule has 0 fully saturated rings. The zero-order valence-electron chi connectivity index (χ0n) is 14.5. The number of benzene rings is 1. The summed E-state index contributed by atoms with van der Waals surface area (Å²) in [7, 11) is -1.87. The molecule has 0 atom stereocenters. The van der Waals surface area contributed by atoms with Gasteiger partial charge in [0.25, 0.3) is 0 Å². The van der Waals surface area contributed by atoms with Crippen molar-refractivity contribution in [3.63, 3.8) is 0 Å². The van der Waals surface area contributed by atoms with Gasteiger partial charge in [-0.15, -0.1) is 0 Å². The summed E-state index contributed by atoms with van der Waals surface area (Å²) in [5.74, 6) is 0.302. The lowest BCUT2D eigenvalue weighted by Crippen LogP contribution is -2.38. The van der Waals surface area contributed by atoms with E-state index in [9.17, 15) is 13.2 Å². The molecule has 0 aliphatic rings. The number of guanidine groups is 1. The third-order valence-corrected chi connectivity index (χ3v) is 4.51. The molecule has 1 aromatic rings. The van der Waals surface area contributed by atoms with E-state index in [1.165, 1.54) is 13.4 Å². The quantitative estimate of drug-likeness (QED) is 0.431. The third-order valence-electron chi connectivity index (χ3n) is 3.25. The molecule has 1 rings (SSSR count). The normalized spacial score (nSPS) is 11.9. The van der Waals surface area contributed by atoms with Gasteiger partial charge in [-0.3, -0.25) is 4.79 Å². The van der Waals surface area contributed by atoms with Crippen LogP contribution in [0.3, 0.4) is 0 Å². The summed E-state index contributed by atoms with van der Waals surface area (Å²) in [6.07, 6.45) is 1.45. The monoisotopic (exact) mass is 355 g/mol. The van der Waals surface area contributed by atoms with Gasteiger partial charge in [-0.25, -0.2) is 13.4 Å². The van der Waals surface area contributed by atoms with Crippen molar-refractivity contribution in [3.05, 3.63) is 29.3 Å². The van der Waals surface area contributed by atoms with Gasteiger partial charge in [-0.2, -0.15) is 0 Å². The number of esters is 1. The minimum atomic E-state index is -3.22. The summed E-state index contributed by atoms with van der Waals surface area (Å²) in [5.41, 5.74) is 1.61. The molecule has 24 heavy (non-hydrogen) atoms. The van der Waals surface area contributed by atoms with Crippen LogP contribution in [0.25, 0.3) is 0 Å². The van der Waals surface area contributed by atoms with E-state index in [2.05, 4.69) is 20.4 Å². The van der Waals surface area contributed by atoms with Gasteiger partial charge in [0.15, 0.2) is 15.8 Å². The lowest BCUT2D eigenvalue weighted by Gasteiger charge is -2.11. The van der Waals surface area contributed by atoms with E-state index < -0.39 is 9.84 Å². The number of nitrogens with one attached hydrogen (secondary N) is 2. The molecule has 0 spiro atoms. The maximum Gasteiger partial charge on any atom is 0.307 e. The molecule has 1 aromatic carbocycles. The van der Waals surface area contributed by atoms with Crippen LogP contribution < -0.4 is 10.6 Å². The van der Waals surface area contributed by atoms with Crippen molar-refractivity contribution in [2.75, 3.05) is 26.5 Å². The first-order valence-corrected chi connectivity index (χ1v) is 9.55. The van der Waals surface area contributed by atoms with Gasteiger partial charge >= 0.3 is 5.97 Å². The van der Waals surface area contributed by atoms with E-state index in [1.807, 2.05) is 13.0 Å². The number of sulfone groups is 1. The minimum absolute atomic E-state index is 0.253. The molecule has 0 aliphatic carbocycles. The van der Waals surface area contributed by atoms with Crippen LogP contribution in [0.1, 0.15) is 24.5 Å². The lowest BCUT2D eigenvalue weighted by molar-refractivity contribution is -0.140. The number of carbonyl (C=O) groups excluding carboxylic acids is 1. The number of rotatable bonds is 7. The van der Waals surface area contributed by atoms with Gasteiger partial charge in [0.1, 0.15) is 0 Å². The van der Waals surface area contributed by atoms with Gasteiger partial charge in [0, 0.05) is 19.3 Å². The summed E-state index contributed by atoms with van der Waals surface area (Å²) < 4.78 is 27.8. The second-order valence-corrected chi connectivity index (χ2v) is 7.30. The van der Waals surface area contributed by atoms with Crippen LogP contribution in [0.5, 0.6) is 0 Å². The molecule has 0 amide bonds. The summed E-state index contributed by atoms with van der Waals surface area (Å²) in [4.78, 5) is 15.9. The fourth-order valence-electron chi connectivity index (χ4n) is 2.12. The smallest absolute Gasteiger partial charge is 0.307 e. The van der Waals surface area contributed by atoms with Crippen molar-refractivity contribution in [1.29, 1.82) is 0 Å². The molecule has 0 bridgehead atoms. The van der Waals surface area contributed by atoms with Gasteiger partial charge in [0.2, 0.25) is 0 Å². The van der Waals surface area contributed by atoms with E-state index in [1.54, 1.807) is 19.1 Å². The van der Waals surface area contributed by atoms with Crippen LogP contribution in [0.15, 0.2) is 28.1 Å². The fraction of sp³-hybridized carbons (Fsp3) is 0.500. The Balaban J connectivity index is 2.75. The Bertz CT molecular complexity index is 699. The number of aryl methyl sites for hydroxylation is 1. The van der Waals surface area contributed by atoms with Crippen molar-refractivity contribution in [3.8, 4) is 0 Å². The minimum Gasteiger partial charge on any atom is -0.469 e. The maximum absolute atomic E-state index is 11.6. The predicted molar refractivity (Wildman–Crippen MR) is 93.7 cm³/mol. The van der Waals surface area contributed by atoms with E-state index in [0.29, 0.717) is 36.1 Å². The molecular weight excluding hydrogens is 330 g/mol. The molecule has 8 heteroatoms. The van der Waals surface area contributed by atoms with Crippen LogP contribution in [0, 0.1) is 6.92 Å². The van der Waals surface area contributed by atoms with Crippen LogP contribution in [0.4, 0.5) is 0 Å². The summed E-state index contributed by atoms with van der Waals surface area (Å²) in [6.45, 7) is 5.23. The van der Waals surface area contributed by atoms with Crippen molar-refractivity contribution >= 4 is 21.8 Å². The highest BCUT2D eigenvalue weighted by Gasteiger charge is 2.10. The molecule has 0 aromatic heterocycles. The largest absolute Gasteiger partial charge is 0.469 e. The number of ether oxygens (including phenoxy) is 1. The zero-order chi connectivity index (χ0) is 18.2. The third kappa shape index (κ3) is 6.57. The average Bonchev–Trinajstić information content (AvgIpc) is 2.51. The van der Waals surface area contributed by atoms with Gasteiger partial charge in [-0.1, -0.05) is 12.1 Å². The van der Waals surface area contributed by atoms with Crippen molar-refractivity contribution in [2.24, 2.45) is 4.99 Å². The van der Waals surface area contributed by atoms with Gasteiger partial charge < -0.3 is 15.4 Å². The SMILES string of the molecule is CCNC(=NCc1ccc(S(C)(=O)=O)c(C)c1)NCCC(=O)OC. The second kappa shape index (κ2) is 9.27. The summed E-state index contributed by atoms with van der Waals surface area (Å²) in [5, 5.41) is 6.13. The molecule has 0 radical (unpaired) electrons. The Morgan fingerprint density at radius 2 is 2.00 bits per heavy atom. The van der Waals surface area contributed by atoms with E-state index in [0.717, 1.165) is 5.56 Å². The van der Waals surface area contributed by atoms with Crippen LogP contribution >= 0.6 is 0 Å². The van der Waals surface area contributed by atoms with E-state index in [4.69, 9.17) is 0 Å². The standard InChI is InChI=1S/C16H25N3O4S/c1-5-17-16(18-9-8-15(20)23-3)19-11-13-6-7-14(12(2)10-13)24(4,21)22/h6-7,10H,5,8-9,11H2,1-4H3,(H2,17,18,19). The lowest BCUT2D eigenvalue weighted by atomic mass is 10.1. The molecule has 0 heterocycles. The average molecular weight is 355 g/mol. The van der Waals surface area contributed by atoms with Crippen molar-refractivity contribution in [1.82, 2.24) is 10.6 Å². The Hall–Kier alpha value is -2.09. The fourth-order valence-corrected chi connectivity index (χ4v) is 3.08. The first-order chi connectivity index (χ1) is 11.3. The molecular formula is C16H25N3O4S. The summed E-state index contributed by atoms with van der Waals surface area (Å²) in [6, 6.07) is 5.18. The molecule has 134 valence electrons. The Labute approximate surface area is 143 Å². The number of methoxy groups -OCH3 is 1.